The van der Waals surface area contributed by atoms with Gasteiger partial charge in [0.2, 0.25) is 5.91 Å². The summed E-state index contributed by atoms with van der Waals surface area (Å²) in [7, 11) is 2.16. The third-order valence-electron chi connectivity index (χ3n) is 6.30. The molecule has 2 aliphatic heterocycles. The van der Waals surface area contributed by atoms with Crippen LogP contribution in [-0.4, -0.2) is 57.2 Å². The van der Waals surface area contributed by atoms with E-state index in [1.165, 1.54) is 29.7 Å². The summed E-state index contributed by atoms with van der Waals surface area (Å²) in [4.78, 5) is 17.3. The van der Waals surface area contributed by atoms with Gasteiger partial charge in [0.1, 0.15) is 0 Å². The Morgan fingerprint density at radius 2 is 2.00 bits per heavy atom. The Morgan fingerprint density at radius 1 is 1.23 bits per heavy atom. The Balaban J connectivity index is 1.50. The summed E-state index contributed by atoms with van der Waals surface area (Å²) < 4.78 is 5.55. The molecule has 26 heavy (non-hydrogen) atoms. The zero-order chi connectivity index (χ0) is 17.9. The van der Waals surface area contributed by atoms with Crippen LogP contribution in [0, 0.1) is 5.92 Å². The molecule has 2 fully saturated rings. The number of carbonyl (C=O) groups excluding carboxylic acids is 1. The third-order valence-corrected chi connectivity index (χ3v) is 6.30. The van der Waals surface area contributed by atoms with Gasteiger partial charge < -0.3 is 15.0 Å². The first-order valence-corrected chi connectivity index (χ1v) is 10.2. The summed E-state index contributed by atoms with van der Waals surface area (Å²) >= 11 is 0. The van der Waals surface area contributed by atoms with Gasteiger partial charge in [0.05, 0.1) is 19.3 Å². The second-order valence-corrected chi connectivity index (χ2v) is 7.95. The Kier molecular flexibility index (Phi) is 5.46. The van der Waals surface area contributed by atoms with E-state index in [4.69, 9.17) is 4.74 Å². The number of hydrogen-bond donors (Lipinski definition) is 1. The molecule has 1 saturated carbocycles. The number of ether oxygens (including phenoxy) is 1. The first-order valence-electron chi connectivity index (χ1n) is 10.2. The fourth-order valence-corrected chi connectivity index (χ4v) is 4.67. The molecule has 4 rings (SSSR count). The van der Waals surface area contributed by atoms with Crippen molar-refractivity contribution in [2.24, 2.45) is 5.92 Å². The van der Waals surface area contributed by atoms with E-state index in [0.717, 1.165) is 52.1 Å². The van der Waals surface area contributed by atoms with Crippen LogP contribution < -0.4 is 10.2 Å². The van der Waals surface area contributed by atoms with E-state index in [2.05, 4.69) is 40.4 Å². The quantitative estimate of drug-likeness (QED) is 0.879. The van der Waals surface area contributed by atoms with Crippen LogP contribution in [0.5, 0.6) is 0 Å². The van der Waals surface area contributed by atoms with Crippen LogP contribution in [0.3, 0.4) is 0 Å². The maximum Gasteiger partial charge on any atom is 0.223 e. The topological polar surface area (TPSA) is 44.8 Å². The molecule has 142 valence electrons. The smallest absolute Gasteiger partial charge is 0.223 e. The van der Waals surface area contributed by atoms with Crippen LogP contribution in [-0.2, 0) is 16.0 Å². The predicted octanol–water partition coefficient (Wildman–Crippen LogP) is 2.36. The summed E-state index contributed by atoms with van der Waals surface area (Å²) in [6, 6.07) is 7.10. The molecule has 1 aromatic carbocycles. The molecule has 5 heteroatoms. The molecule has 1 N–H and O–H groups in total. The standard InChI is InChI=1S/C21H31N3O2/c1-23-9-8-18-14-17(6-7-19(18)23)20(24-10-12-26-13-11-24)15-22-21(25)16-4-2-3-5-16/h6-7,14,16,20H,2-5,8-13,15H2,1H3,(H,22,25). The molecule has 0 spiro atoms. The molecule has 1 amide bonds. The van der Waals surface area contributed by atoms with Crippen LogP contribution in [0.15, 0.2) is 18.2 Å². The number of morpholine rings is 1. The Hall–Kier alpha value is -1.59. The van der Waals surface area contributed by atoms with Gasteiger partial charge in [-0.3, -0.25) is 9.69 Å². The molecule has 1 unspecified atom stereocenters. The van der Waals surface area contributed by atoms with E-state index >= 15 is 0 Å². The zero-order valence-electron chi connectivity index (χ0n) is 15.9. The molecule has 5 nitrogen and oxygen atoms in total. The number of likely N-dealkylation sites (N-methyl/N-ethyl adjacent to an activating group) is 1. The average molecular weight is 357 g/mol. The fraction of sp³-hybridized carbons (Fsp3) is 0.667. The van der Waals surface area contributed by atoms with Crippen molar-refractivity contribution >= 4 is 11.6 Å². The monoisotopic (exact) mass is 357 g/mol. The molecular weight excluding hydrogens is 326 g/mol. The molecule has 0 aromatic heterocycles. The number of fused-ring (bicyclic) bond motifs is 1. The van der Waals surface area contributed by atoms with Gasteiger partial charge in [0.15, 0.2) is 0 Å². The first-order chi connectivity index (χ1) is 12.7. The van der Waals surface area contributed by atoms with Gasteiger partial charge in [-0.25, -0.2) is 0 Å². The number of nitrogens with one attached hydrogen (secondary N) is 1. The van der Waals surface area contributed by atoms with E-state index in [-0.39, 0.29) is 17.9 Å². The zero-order valence-corrected chi connectivity index (χ0v) is 15.9. The van der Waals surface area contributed by atoms with Gasteiger partial charge in [-0.1, -0.05) is 25.0 Å². The summed E-state index contributed by atoms with van der Waals surface area (Å²) in [5.41, 5.74) is 4.11. The van der Waals surface area contributed by atoms with E-state index in [9.17, 15) is 4.79 Å². The van der Waals surface area contributed by atoms with Crippen LogP contribution >= 0.6 is 0 Å². The third kappa shape index (κ3) is 3.74. The number of hydrogen-bond acceptors (Lipinski definition) is 4. The number of anilines is 1. The molecule has 3 aliphatic rings. The summed E-state index contributed by atoms with van der Waals surface area (Å²) in [5, 5.41) is 3.27. The number of carbonyl (C=O) groups is 1. The average Bonchev–Trinajstić information content (AvgIpc) is 3.33. The number of amides is 1. The first kappa shape index (κ1) is 17.8. The summed E-state index contributed by atoms with van der Waals surface area (Å²) in [6.07, 6.45) is 5.62. The van der Waals surface area contributed by atoms with Gasteiger partial charge in [0, 0.05) is 44.8 Å². The molecule has 1 atom stereocenters. The Labute approximate surface area is 156 Å². The molecular formula is C21H31N3O2. The minimum Gasteiger partial charge on any atom is -0.379 e. The van der Waals surface area contributed by atoms with Crippen LogP contribution in [0.4, 0.5) is 5.69 Å². The minimum absolute atomic E-state index is 0.231. The van der Waals surface area contributed by atoms with Crippen molar-refractivity contribution in [3.63, 3.8) is 0 Å². The summed E-state index contributed by atoms with van der Waals surface area (Å²) in [5.74, 6) is 0.482. The van der Waals surface area contributed by atoms with Gasteiger partial charge >= 0.3 is 0 Å². The highest BCUT2D eigenvalue weighted by Crippen LogP contribution is 2.31. The lowest BCUT2D eigenvalue weighted by atomic mass is 10.00. The normalized spacial score (nSPS) is 22.4. The van der Waals surface area contributed by atoms with Crippen LogP contribution in [0.25, 0.3) is 0 Å². The molecule has 1 aromatic rings. The van der Waals surface area contributed by atoms with E-state index in [0.29, 0.717) is 6.54 Å². The lowest BCUT2D eigenvalue weighted by Gasteiger charge is -2.35. The van der Waals surface area contributed by atoms with Crippen molar-refractivity contribution in [1.29, 1.82) is 0 Å². The van der Waals surface area contributed by atoms with Crippen LogP contribution in [0.2, 0.25) is 0 Å². The van der Waals surface area contributed by atoms with Gasteiger partial charge in [-0.15, -0.1) is 0 Å². The number of rotatable bonds is 5. The maximum atomic E-state index is 12.5. The highest BCUT2D eigenvalue weighted by atomic mass is 16.5. The van der Waals surface area contributed by atoms with Crippen molar-refractivity contribution < 1.29 is 9.53 Å². The SMILES string of the molecule is CN1CCc2cc(C(CNC(=O)C3CCCC3)N3CCOCC3)ccc21. The Bertz CT molecular complexity index is 636. The maximum absolute atomic E-state index is 12.5. The Morgan fingerprint density at radius 3 is 2.77 bits per heavy atom. The van der Waals surface area contributed by atoms with E-state index in [1.807, 2.05) is 0 Å². The molecule has 1 saturated heterocycles. The fourth-order valence-electron chi connectivity index (χ4n) is 4.67. The molecule has 0 bridgehead atoms. The summed E-state index contributed by atoms with van der Waals surface area (Å²) in [6.45, 7) is 5.22. The van der Waals surface area contributed by atoms with Gasteiger partial charge in [-0.2, -0.15) is 0 Å². The van der Waals surface area contributed by atoms with Crippen molar-refractivity contribution in [3.05, 3.63) is 29.3 Å². The van der Waals surface area contributed by atoms with Crippen molar-refractivity contribution in [1.82, 2.24) is 10.2 Å². The van der Waals surface area contributed by atoms with Crippen LogP contribution in [0.1, 0.15) is 42.9 Å². The second-order valence-electron chi connectivity index (χ2n) is 7.95. The van der Waals surface area contributed by atoms with E-state index < -0.39 is 0 Å². The lowest BCUT2D eigenvalue weighted by molar-refractivity contribution is -0.125. The van der Waals surface area contributed by atoms with Gasteiger partial charge in [-0.05, 0) is 36.5 Å². The largest absolute Gasteiger partial charge is 0.379 e. The molecule has 2 heterocycles. The lowest BCUT2D eigenvalue weighted by Crippen LogP contribution is -2.44. The van der Waals surface area contributed by atoms with E-state index in [1.54, 1.807) is 0 Å². The predicted molar refractivity (Wildman–Crippen MR) is 104 cm³/mol. The highest BCUT2D eigenvalue weighted by molar-refractivity contribution is 5.78. The highest BCUT2D eigenvalue weighted by Gasteiger charge is 2.27. The number of nitrogens with zero attached hydrogens (tertiary/aromatic N) is 2. The van der Waals surface area contributed by atoms with Gasteiger partial charge in [0.25, 0.3) is 0 Å². The van der Waals surface area contributed by atoms with Crippen molar-refractivity contribution in [2.45, 2.75) is 38.1 Å². The number of benzene rings is 1. The minimum atomic E-state index is 0.231. The second kappa shape index (κ2) is 7.97. The molecule has 0 radical (unpaired) electrons. The van der Waals surface area contributed by atoms with Crippen molar-refractivity contribution in [2.75, 3.05) is 51.3 Å². The molecule has 1 aliphatic carbocycles. The van der Waals surface area contributed by atoms with Crippen molar-refractivity contribution in [3.8, 4) is 0 Å².